The van der Waals surface area contributed by atoms with Crippen molar-refractivity contribution in [3.8, 4) is 0 Å². The van der Waals surface area contributed by atoms with Crippen molar-refractivity contribution in [2.24, 2.45) is 0 Å². The Bertz CT molecular complexity index is 823. The van der Waals surface area contributed by atoms with E-state index in [2.05, 4.69) is 51.5 Å². The normalized spacial score (nSPS) is 28.8. The molecule has 4 nitrogen and oxygen atoms in total. The van der Waals surface area contributed by atoms with Gasteiger partial charge in [-0.2, -0.15) is 0 Å². The van der Waals surface area contributed by atoms with Crippen molar-refractivity contribution >= 4 is 28.2 Å². The van der Waals surface area contributed by atoms with Crippen molar-refractivity contribution in [3.63, 3.8) is 0 Å². The number of rotatable bonds is 1. The second-order valence-corrected chi connectivity index (χ2v) is 8.72. The molecule has 1 unspecified atom stereocenters. The maximum absolute atomic E-state index is 5.74. The summed E-state index contributed by atoms with van der Waals surface area (Å²) in [7, 11) is 2.28. The van der Waals surface area contributed by atoms with Crippen LogP contribution in [0.3, 0.4) is 0 Å². The second-order valence-electron chi connectivity index (χ2n) is 8.33. The summed E-state index contributed by atoms with van der Waals surface area (Å²) < 4.78 is 0. The summed E-state index contributed by atoms with van der Waals surface area (Å²) in [6.07, 6.45) is 8.44. The van der Waals surface area contributed by atoms with Crippen LogP contribution in [0.25, 0.3) is 10.9 Å². The number of likely N-dealkylation sites (N-methyl/N-ethyl adjacent to an activating group) is 1. The number of nitrogens with one attached hydrogen (secondary N) is 2. The molecule has 0 amide bonds. The molecule has 1 aromatic heterocycles. The first-order valence-corrected chi connectivity index (χ1v) is 10.5. The molecule has 2 saturated heterocycles. The third-order valence-electron chi connectivity index (χ3n) is 6.70. The van der Waals surface area contributed by atoms with E-state index in [0.717, 1.165) is 31.2 Å². The number of piperidine rings is 2. The summed E-state index contributed by atoms with van der Waals surface area (Å²) >= 11 is 5.74. The second kappa shape index (κ2) is 6.54. The Balaban J connectivity index is 1.38. The third-order valence-corrected chi connectivity index (χ3v) is 7.07. The lowest BCUT2D eigenvalue weighted by atomic mass is 9.74. The summed E-state index contributed by atoms with van der Waals surface area (Å²) in [4.78, 5) is 8.40. The average Bonchev–Trinajstić information content (AvgIpc) is 3.08. The van der Waals surface area contributed by atoms with Crippen LogP contribution in [0, 0.1) is 0 Å². The lowest BCUT2D eigenvalue weighted by molar-refractivity contribution is 0.133. The highest BCUT2D eigenvalue weighted by molar-refractivity contribution is 7.80. The zero-order valence-corrected chi connectivity index (χ0v) is 16.3. The van der Waals surface area contributed by atoms with Crippen LogP contribution in [0.4, 0.5) is 0 Å². The van der Waals surface area contributed by atoms with E-state index in [9.17, 15) is 0 Å². The number of H-pyrrole nitrogens is 1. The van der Waals surface area contributed by atoms with Crippen LogP contribution in [0.15, 0.2) is 24.4 Å². The molecule has 5 heteroatoms. The SMILES string of the molecule is CN1C[C@@H](NC(=S)N2CCCCC2)CC2c3cccc4[nH]cc(c34)C[C@H]21. The largest absolute Gasteiger partial charge is 0.361 e. The fraction of sp³-hybridized carbons (Fsp3) is 0.571. The van der Waals surface area contributed by atoms with Crippen LogP contribution in [0.1, 0.15) is 42.7 Å². The molecule has 138 valence electrons. The fourth-order valence-electron chi connectivity index (χ4n) is 5.41. The Morgan fingerprint density at radius 3 is 2.92 bits per heavy atom. The van der Waals surface area contributed by atoms with E-state index < -0.39 is 0 Å². The molecule has 2 aromatic rings. The molecular formula is C21H28N4S. The molecule has 3 heterocycles. The molecular weight excluding hydrogens is 340 g/mol. The number of nitrogens with zero attached hydrogens (tertiary/aromatic N) is 2. The number of benzene rings is 1. The summed E-state index contributed by atoms with van der Waals surface area (Å²) in [6.45, 7) is 3.31. The standard InChI is InChI=1S/C21H28N4S/c1-24-13-15(23-21(26)25-8-3-2-4-9-25)11-17-16-6-5-7-18-20(16)14(12-22-18)10-19(17)24/h5-7,12,15,17,19,22H,2-4,8-11,13H2,1H3,(H,23,26)/t15-,17?,19+/m0/s1. The Kier molecular flexibility index (Phi) is 4.17. The molecule has 2 fully saturated rings. The highest BCUT2D eigenvalue weighted by Gasteiger charge is 2.39. The van der Waals surface area contributed by atoms with Crippen molar-refractivity contribution in [2.75, 3.05) is 26.7 Å². The summed E-state index contributed by atoms with van der Waals surface area (Å²) in [6, 6.07) is 7.79. The zero-order valence-electron chi connectivity index (χ0n) is 15.5. The number of fused-ring (bicyclic) bond motifs is 2. The topological polar surface area (TPSA) is 34.3 Å². The van der Waals surface area contributed by atoms with E-state index >= 15 is 0 Å². The molecule has 26 heavy (non-hydrogen) atoms. The molecule has 3 aliphatic rings. The third kappa shape index (κ3) is 2.72. The molecule has 1 aliphatic carbocycles. The number of likely N-dealkylation sites (tertiary alicyclic amines) is 2. The van der Waals surface area contributed by atoms with Crippen LogP contribution in [-0.4, -0.2) is 58.7 Å². The number of thiocarbonyl (C=S) groups is 1. The van der Waals surface area contributed by atoms with E-state index in [4.69, 9.17) is 12.2 Å². The van der Waals surface area contributed by atoms with Gasteiger partial charge in [-0.05, 0) is 68.6 Å². The molecule has 2 aliphatic heterocycles. The van der Waals surface area contributed by atoms with Gasteiger partial charge in [-0.15, -0.1) is 0 Å². The average molecular weight is 369 g/mol. The summed E-state index contributed by atoms with van der Waals surface area (Å²) in [5.74, 6) is 0.586. The Labute approximate surface area is 160 Å². The summed E-state index contributed by atoms with van der Waals surface area (Å²) in [5, 5.41) is 6.15. The number of hydrogen-bond donors (Lipinski definition) is 2. The Hall–Kier alpha value is -1.59. The van der Waals surface area contributed by atoms with E-state index in [1.54, 1.807) is 0 Å². The van der Waals surface area contributed by atoms with Gasteiger partial charge in [-0.3, -0.25) is 0 Å². The molecule has 1 aromatic carbocycles. The van der Waals surface area contributed by atoms with Gasteiger partial charge in [0.2, 0.25) is 0 Å². The fourth-order valence-corrected chi connectivity index (χ4v) is 5.76. The monoisotopic (exact) mass is 368 g/mol. The Morgan fingerprint density at radius 1 is 1.23 bits per heavy atom. The van der Waals surface area contributed by atoms with Crippen LogP contribution in [0.5, 0.6) is 0 Å². The number of hydrogen-bond acceptors (Lipinski definition) is 2. The minimum atomic E-state index is 0.437. The van der Waals surface area contributed by atoms with Crippen molar-refractivity contribution in [3.05, 3.63) is 35.5 Å². The van der Waals surface area contributed by atoms with Gasteiger partial charge in [0, 0.05) is 54.7 Å². The van der Waals surface area contributed by atoms with E-state index in [0.29, 0.717) is 18.0 Å². The molecule has 2 N–H and O–H groups in total. The molecule has 3 atom stereocenters. The van der Waals surface area contributed by atoms with E-state index in [-0.39, 0.29) is 0 Å². The Morgan fingerprint density at radius 2 is 2.08 bits per heavy atom. The van der Waals surface area contributed by atoms with Crippen LogP contribution < -0.4 is 5.32 Å². The van der Waals surface area contributed by atoms with Gasteiger partial charge in [-0.25, -0.2) is 0 Å². The maximum Gasteiger partial charge on any atom is 0.169 e. The van der Waals surface area contributed by atoms with Gasteiger partial charge < -0.3 is 20.1 Å². The molecule has 5 rings (SSSR count). The van der Waals surface area contributed by atoms with Gasteiger partial charge in [0.15, 0.2) is 5.11 Å². The first kappa shape index (κ1) is 16.6. The minimum absolute atomic E-state index is 0.437. The quantitative estimate of drug-likeness (QED) is 0.758. The van der Waals surface area contributed by atoms with Crippen molar-refractivity contribution < 1.29 is 0 Å². The zero-order chi connectivity index (χ0) is 17.7. The van der Waals surface area contributed by atoms with Gasteiger partial charge in [0.05, 0.1) is 0 Å². The molecule has 0 spiro atoms. The molecule has 0 saturated carbocycles. The first-order valence-electron chi connectivity index (χ1n) is 10.1. The predicted octanol–water partition coefficient (Wildman–Crippen LogP) is 3.24. The highest BCUT2D eigenvalue weighted by Crippen LogP contribution is 2.42. The van der Waals surface area contributed by atoms with Gasteiger partial charge >= 0.3 is 0 Å². The van der Waals surface area contributed by atoms with Crippen LogP contribution in [-0.2, 0) is 6.42 Å². The van der Waals surface area contributed by atoms with Gasteiger partial charge in [0.25, 0.3) is 0 Å². The highest BCUT2D eigenvalue weighted by atomic mass is 32.1. The molecule has 0 bridgehead atoms. The summed E-state index contributed by atoms with van der Waals surface area (Å²) in [5.41, 5.74) is 4.30. The van der Waals surface area contributed by atoms with Crippen molar-refractivity contribution in [1.82, 2.24) is 20.1 Å². The van der Waals surface area contributed by atoms with E-state index in [1.807, 2.05) is 0 Å². The lowest BCUT2D eigenvalue weighted by Gasteiger charge is -2.46. The number of aromatic amines is 1. The first-order chi connectivity index (χ1) is 12.7. The van der Waals surface area contributed by atoms with Crippen LogP contribution in [0.2, 0.25) is 0 Å². The molecule has 0 radical (unpaired) electrons. The van der Waals surface area contributed by atoms with E-state index in [1.165, 1.54) is 47.7 Å². The maximum atomic E-state index is 5.74. The minimum Gasteiger partial charge on any atom is -0.361 e. The van der Waals surface area contributed by atoms with Crippen LogP contribution >= 0.6 is 12.2 Å². The van der Waals surface area contributed by atoms with Gasteiger partial charge in [-0.1, -0.05) is 12.1 Å². The predicted molar refractivity (Wildman–Crippen MR) is 111 cm³/mol. The van der Waals surface area contributed by atoms with Crippen molar-refractivity contribution in [2.45, 2.75) is 50.1 Å². The lowest BCUT2D eigenvalue weighted by Crippen LogP contribution is -2.56. The van der Waals surface area contributed by atoms with Crippen molar-refractivity contribution in [1.29, 1.82) is 0 Å². The number of aromatic nitrogens is 1. The van der Waals surface area contributed by atoms with Gasteiger partial charge in [0.1, 0.15) is 0 Å². The smallest absolute Gasteiger partial charge is 0.169 e.